The van der Waals surface area contributed by atoms with Crippen LogP contribution >= 0.6 is 0 Å². The van der Waals surface area contributed by atoms with Crippen LogP contribution in [0, 0.1) is 0 Å². The highest BCUT2D eigenvalue weighted by atomic mass is 15.0. The van der Waals surface area contributed by atoms with Crippen LogP contribution in [0.4, 0.5) is 0 Å². The number of rotatable bonds is 4. The maximum atomic E-state index is 5.05. The van der Waals surface area contributed by atoms with Crippen molar-refractivity contribution >= 4 is 53.9 Å². The van der Waals surface area contributed by atoms with Gasteiger partial charge in [0.05, 0.1) is 0 Å². The van der Waals surface area contributed by atoms with Gasteiger partial charge in [0.1, 0.15) is 0 Å². The molecule has 232 valence electrons. The molecule has 0 amide bonds. The average molecular weight is 636 g/mol. The van der Waals surface area contributed by atoms with E-state index in [0.29, 0.717) is 17.5 Å². The number of hydrogen-bond donors (Lipinski definition) is 0. The summed E-state index contributed by atoms with van der Waals surface area (Å²) in [5.41, 5.74) is 5.22. The lowest BCUT2D eigenvalue weighted by Crippen LogP contribution is -2.00. The molecule has 0 saturated heterocycles. The first-order valence-corrected chi connectivity index (χ1v) is 16.9. The van der Waals surface area contributed by atoms with E-state index < -0.39 is 0 Å². The first-order valence-electron chi connectivity index (χ1n) is 16.9. The molecular formula is C47H29N3. The predicted molar refractivity (Wildman–Crippen MR) is 209 cm³/mol. The van der Waals surface area contributed by atoms with Crippen LogP contribution in [0.2, 0.25) is 0 Å². The van der Waals surface area contributed by atoms with Gasteiger partial charge < -0.3 is 0 Å². The Morgan fingerprint density at radius 2 is 0.740 bits per heavy atom. The topological polar surface area (TPSA) is 38.7 Å². The zero-order chi connectivity index (χ0) is 33.0. The van der Waals surface area contributed by atoms with E-state index in [4.69, 9.17) is 15.0 Å². The Hall–Kier alpha value is -6.71. The van der Waals surface area contributed by atoms with Gasteiger partial charge in [-0.2, -0.15) is 0 Å². The van der Waals surface area contributed by atoms with Crippen molar-refractivity contribution in [3.8, 4) is 45.3 Å². The van der Waals surface area contributed by atoms with Crippen LogP contribution in [0.25, 0.3) is 99.2 Å². The molecule has 0 fully saturated rings. The number of fused-ring (bicyclic) bond motifs is 8. The summed E-state index contributed by atoms with van der Waals surface area (Å²) in [5.74, 6) is 1.96. The second kappa shape index (κ2) is 11.5. The van der Waals surface area contributed by atoms with Crippen LogP contribution < -0.4 is 0 Å². The Morgan fingerprint density at radius 3 is 1.46 bits per heavy atom. The van der Waals surface area contributed by atoms with E-state index in [2.05, 4.69) is 146 Å². The van der Waals surface area contributed by atoms with Gasteiger partial charge in [0.2, 0.25) is 0 Å². The van der Waals surface area contributed by atoms with Gasteiger partial charge in [0.25, 0.3) is 0 Å². The van der Waals surface area contributed by atoms with Gasteiger partial charge in [0, 0.05) is 16.7 Å². The lowest BCUT2D eigenvalue weighted by atomic mass is 9.88. The Bertz CT molecular complexity index is 2910. The fourth-order valence-electron chi connectivity index (χ4n) is 7.41. The molecule has 0 unspecified atom stereocenters. The second-order valence-electron chi connectivity index (χ2n) is 12.8. The third-order valence-electron chi connectivity index (χ3n) is 9.86. The van der Waals surface area contributed by atoms with E-state index >= 15 is 0 Å². The molecule has 0 spiro atoms. The Morgan fingerprint density at radius 1 is 0.260 bits per heavy atom. The van der Waals surface area contributed by atoms with Crippen molar-refractivity contribution in [2.24, 2.45) is 0 Å². The smallest absolute Gasteiger partial charge is 0.164 e. The van der Waals surface area contributed by atoms with Crippen molar-refractivity contribution in [3.63, 3.8) is 0 Å². The largest absolute Gasteiger partial charge is 0.208 e. The normalized spacial score (nSPS) is 11.6. The summed E-state index contributed by atoms with van der Waals surface area (Å²) in [7, 11) is 0. The molecule has 0 aliphatic rings. The minimum Gasteiger partial charge on any atom is -0.208 e. The lowest BCUT2D eigenvalue weighted by Gasteiger charge is -2.16. The Balaban J connectivity index is 1.15. The molecule has 3 nitrogen and oxygen atoms in total. The molecule has 0 aliphatic heterocycles. The van der Waals surface area contributed by atoms with Crippen molar-refractivity contribution in [2.75, 3.05) is 0 Å². The van der Waals surface area contributed by atoms with Gasteiger partial charge in [-0.15, -0.1) is 0 Å². The predicted octanol–water partition coefficient (Wildman–Crippen LogP) is 12.3. The van der Waals surface area contributed by atoms with E-state index in [-0.39, 0.29) is 0 Å². The summed E-state index contributed by atoms with van der Waals surface area (Å²) in [6.07, 6.45) is 0. The maximum Gasteiger partial charge on any atom is 0.164 e. The van der Waals surface area contributed by atoms with Crippen LogP contribution in [-0.2, 0) is 0 Å². The van der Waals surface area contributed by atoms with Crippen molar-refractivity contribution in [1.29, 1.82) is 0 Å². The molecule has 0 N–H and O–H groups in total. The summed E-state index contributed by atoms with van der Waals surface area (Å²) in [4.78, 5) is 15.0. The highest BCUT2D eigenvalue weighted by molar-refractivity contribution is 6.28. The van der Waals surface area contributed by atoms with Crippen LogP contribution in [-0.4, -0.2) is 15.0 Å². The highest BCUT2D eigenvalue weighted by Crippen LogP contribution is 2.42. The minimum absolute atomic E-state index is 0.647. The van der Waals surface area contributed by atoms with Crippen molar-refractivity contribution in [3.05, 3.63) is 176 Å². The van der Waals surface area contributed by atoms with E-state index in [1.165, 1.54) is 54.0 Å². The minimum atomic E-state index is 0.647. The standard InChI is InChI=1S/C47H29N3/c1-2-13-34(14-3-1)45-48-46(50-47(49-45)38-25-18-30-10-4-5-15-36(30)28-38)35-22-19-33(20-23-35)42-29-37-24-21-31-11-6-8-16-39(31)43(37)41-27-26-32-12-7-9-17-40(32)44(41)42/h1-29H. The van der Waals surface area contributed by atoms with E-state index in [9.17, 15) is 0 Å². The third-order valence-corrected chi connectivity index (χ3v) is 9.86. The lowest BCUT2D eigenvalue weighted by molar-refractivity contribution is 1.07. The van der Waals surface area contributed by atoms with Crippen LogP contribution in [0.3, 0.4) is 0 Å². The summed E-state index contributed by atoms with van der Waals surface area (Å²) in [6.45, 7) is 0. The van der Waals surface area contributed by atoms with Gasteiger partial charge in [-0.1, -0.05) is 164 Å². The van der Waals surface area contributed by atoms with E-state index in [1.54, 1.807) is 0 Å². The monoisotopic (exact) mass is 635 g/mol. The Kier molecular flexibility index (Phi) is 6.49. The van der Waals surface area contributed by atoms with Crippen LogP contribution in [0.5, 0.6) is 0 Å². The maximum absolute atomic E-state index is 5.05. The molecule has 9 aromatic carbocycles. The summed E-state index contributed by atoms with van der Waals surface area (Å²) in [5, 5.41) is 12.4. The number of hydrogen-bond acceptors (Lipinski definition) is 3. The molecule has 1 heterocycles. The number of aromatic nitrogens is 3. The molecule has 0 atom stereocenters. The second-order valence-corrected chi connectivity index (χ2v) is 12.8. The average Bonchev–Trinajstić information content (AvgIpc) is 3.20. The summed E-state index contributed by atoms with van der Waals surface area (Å²) in [6, 6.07) is 62.4. The van der Waals surface area contributed by atoms with Gasteiger partial charge in [-0.05, 0) is 77.1 Å². The van der Waals surface area contributed by atoms with Crippen molar-refractivity contribution in [2.45, 2.75) is 0 Å². The number of benzene rings is 9. The summed E-state index contributed by atoms with van der Waals surface area (Å²) < 4.78 is 0. The molecule has 1 aromatic heterocycles. The molecule has 50 heavy (non-hydrogen) atoms. The Labute approximate surface area is 289 Å². The van der Waals surface area contributed by atoms with Gasteiger partial charge >= 0.3 is 0 Å². The molecule has 0 bridgehead atoms. The zero-order valence-electron chi connectivity index (χ0n) is 27.1. The fourth-order valence-corrected chi connectivity index (χ4v) is 7.41. The van der Waals surface area contributed by atoms with Gasteiger partial charge in [-0.3, -0.25) is 0 Å². The third kappa shape index (κ3) is 4.71. The molecule has 0 saturated carbocycles. The van der Waals surface area contributed by atoms with E-state index in [0.717, 1.165) is 27.6 Å². The molecule has 0 radical (unpaired) electrons. The first kappa shape index (κ1) is 28.3. The first-order chi connectivity index (χ1) is 24.8. The van der Waals surface area contributed by atoms with Crippen LogP contribution in [0.1, 0.15) is 0 Å². The zero-order valence-corrected chi connectivity index (χ0v) is 27.1. The van der Waals surface area contributed by atoms with Crippen LogP contribution in [0.15, 0.2) is 176 Å². The van der Waals surface area contributed by atoms with E-state index in [1.807, 2.05) is 30.3 Å². The molecule has 10 rings (SSSR count). The quantitative estimate of drug-likeness (QED) is 0.181. The molecule has 10 aromatic rings. The molecule has 3 heteroatoms. The molecule has 0 aliphatic carbocycles. The number of nitrogens with zero attached hydrogens (tertiary/aromatic N) is 3. The SMILES string of the molecule is c1ccc(-c2nc(-c3ccc(-c4cc5ccc6ccccc6c5c5ccc6ccccc6c45)cc3)nc(-c3ccc4ccccc4c3)n2)cc1. The van der Waals surface area contributed by atoms with Gasteiger partial charge in [0.15, 0.2) is 17.5 Å². The van der Waals surface area contributed by atoms with Crippen molar-refractivity contribution in [1.82, 2.24) is 15.0 Å². The van der Waals surface area contributed by atoms with Gasteiger partial charge in [-0.25, -0.2) is 15.0 Å². The van der Waals surface area contributed by atoms with Crippen molar-refractivity contribution < 1.29 is 0 Å². The fraction of sp³-hybridized carbons (Fsp3) is 0. The highest BCUT2D eigenvalue weighted by Gasteiger charge is 2.16. The summed E-state index contributed by atoms with van der Waals surface area (Å²) >= 11 is 0. The molecular weight excluding hydrogens is 607 g/mol.